The van der Waals surface area contributed by atoms with Crippen molar-refractivity contribution in [1.29, 1.82) is 0 Å². The number of rotatable bonds is 5. The summed E-state index contributed by atoms with van der Waals surface area (Å²) in [5.41, 5.74) is 2.39. The van der Waals surface area contributed by atoms with Crippen LogP contribution in [-0.2, 0) is 16.0 Å². The third-order valence-corrected chi connectivity index (χ3v) is 5.28. The van der Waals surface area contributed by atoms with Gasteiger partial charge in [-0.2, -0.15) is 0 Å². The lowest BCUT2D eigenvalue weighted by molar-refractivity contribution is -0.115. The zero-order chi connectivity index (χ0) is 18.7. The summed E-state index contributed by atoms with van der Waals surface area (Å²) in [5.74, 6) is -0.787. The van der Waals surface area contributed by atoms with Crippen LogP contribution in [0.4, 0.5) is 5.13 Å². The molecule has 134 valence electrons. The highest BCUT2D eigenvalue weighted by atomic mass is 32.1. The van der Waals surface area contributed by atoms with E-state index in [-0.39, 0.29) is 18.0 Å². The highest BCUT2D eigenvalue weighted by Crippen LogP contribution is 2.32. The topological polar surface area (TPSA) is 94.1 Å². The normalized spacial score (nSPS) is 10.6. The van der Waals surface area contributed by atoms with Gasteiger partial charge in [0.1, 0.15) is 5.69 Å². The highest BCUT2D eigenvalue weighted by molar-refractivity contribution is 7.16. The monoisotopic (exact) mass is 388 g/mol. The minimum Gasteiger partial charge on any atom is -0.464 e. The maximum Gasteiger partial charge on any atom is 0.356 e. The number of methoxy groups -OCH3 is 1. The van der Waals surface area contributed by atoms with Gasteiger partial charge >= 0.3 is 5.97 Å². The van der Waals surface area contributed by atoms with Gasteiger partial charge in [-0.05, 0) is 26.0 Å². The molecule has 0 aliphatic carbocycles. The number of amides is 1. The fourth-order valence-electron chi connectivity index (χ4n) is 2.33. The number of thiazole rings is 2. The Morgan fingerprint density at radius 3 is 2.69 bits per heavy atom. The van der Waals surface area contributed by atoms with E-state index in [1.807, 2.05) is 19.2 Å². The van der Waals surface area contributed by atoms with Crippen molar-refractivity contribution in [3.8, 4) is 10.6 Å². The molecule has 0 saturated carbocycles. The predicted octanol–water partition coefficient (Wildman–Crippen LogP) is 3.25. The van der Waals surface area contributed by atoms with Gasteiger partial charge in [0.05, 0.1) is 40.5 Å². The van der Waals surface area contributed by atoms with Gasteiger partial charge in [-0.15, -0.1) is 22.7 Å². The molecule has 0 spiro atoms. The molecule has 3 aromatic rings. The van der Waals surface area contributed by atoms with E-state index in [1.165, 1.54) is 18.4 Å². The minimum atomic E-state index is -0.535. The number of carbonyl (C=O) groups is 2. The van der Waals surface area contributed by atoms with Crippen LogP contribution in [0.3, 0.4) is 0 Å². The summed E-state index contributed by atoms with van der Waals surface area (Å²) in [6.07, 6.45) is 0.0401. The van der Waals surface area contributed by atoms with Crippen molar-refractivity contribution < 1.29 is 14.3 Å². The van der Waals surface area contributed by atoms with E-state index in [2.05, 4.69) is 25.0 Å². The average Bonchev–Trinajstić information content (AvgIpc) is 3.19. The predicted molar refractivity (Wildman–Crippen MR) is 101 cm³/mol. The van der Waals surface area contributed by atoms with E-state index in [0.29, 0.717) is 10.8 Å². The van der Waals surface area contributed by atoms with E-state index in [4.69, 9.17) is 0 Å². The molecular weight excluding hydrogens is 372 g/mol. The largest absolute Gasteiger partial charge is 0.464 e. The number of carbonyl (C=O) groups excluding carboxylic acids is 2. The molecule has 0 unspecified atom stereocenters. The molecule has 0 aromatic carbocycles. The Bertz CT molecular complexity index is 965. The Morgan fingerprint density at radius 2 is 2.00 bits per heavy atom. The fourth-order valence-corrected chi connectivity index (χ4v) is 4.00. The first-order chi connectivity index (χ1) is 12.5. The molecule has 3 aromatic heterocycles. The SMILES string of the molecule is COC(=O)c1cccc(CC(=O)Nc2nc(-c3sc(C)nc3C)cs2)n1. The van der Waals surface area contributed by atoms with Crippen molar-refractivity contribution in [2.24, 2.45) is 0 Å². The molecule has 3 heterocycles. The summed E-state index contributed by atoms with van der Waals surface area (Å²) in [5, 5.41) is 6.15. The molecule has 0 radical (unpaired) electrons. The molecule has 1 amide bonds. The van der Waals surface area contributed by atoms with Crippen molar-refractivity contribution in [3.05, 3.63) is 45.7 Å². The molecule has 0 saturated heterocycles. The van der Waals surface area contributed by atoms with Crippen molar-refractivity contribution in [2.75, 3.05) is 12.4 Å². The molecule has 0 aliphatic heterocycles. The first-order valence-electron chi connectivity index (χ1n) is 7.70. The maximum atomic E-state index is 12.2. The van der Waals surface area contributed by atoms with Crippen LogP contribution >= 0.6 is 22.7 Å². The Labute approximate surface area is 158 Å². The summed E-state index contributed by atoms with van der Waals surface area (Å²) >= 11 is 2.93. The molecule has 3 rings (SSSR count). The molecule has 1 N–H and O–H groups in total. The maximum absolute atomic E-state index is 12.2. The van der Waals surface area contributed by atoms with E-state index < -0.39 is 5.97 Å². The number of nitrogens with one attached hydrogen (secondary N) is 1. The number of nitrogens with zero attached hydrogens (tertiary/aromatic N) is 3. The van der Waals surface area contributed by atoms with Crippen molar-refractivity contribution in [3.63, 3.8) is 0 Å². The van der Waals surface area contributed by atoms with Crippen LogP contribution in [0.15, 0.2) is 23.6 Å². The summed E-state index contributed by atoms with van der Waals surface area (Å²) < 4.78 is 4.63. The van der Waals surface area contributed by atoms with Crippen molar-refractivity contribution >= 4 is 39.7 Å². The van der Waals surface area contributed by atoms with Gasteiger partial charge in [-0.25, -0.2) is 19.7 Å². The summed E-state index contributed by atoms with van der Waals surface area (Å²) in [7, 11) is 1.29. The second kappa shape index (κ2) is 7.71. The summed E-state index contributed by atoms with van der Waals surface area (Å²) in [4.78, 5) is 37.7. The Kier molecular flexibility index (Phi) is 5.38. The molecule has 26 heavy (non-hydrogen) atoms. The number of ether oxygens (including phenoxy) is 1. The Morgan fingerprint density at radius 1 is 1.19 bits per heavy atom. The third kappa shape index (κ3) is 4.12. The average molecular weight is 388 g/mol. The van der Waals surface area contributed by atoms with Gasteiger partial charge < -0.3 is 10.1 Å². The lowest BCUT2D eigenvalue weighted by atomic mass is 10.2. The quantitative estimate of drug-likeness (QED) is 0.674. The van der Waals surface area contributed by atoms with Crippen LogP contribution < -0.4 is 5.32 Å². The van der Waals surface area contributed by atoms with Crippen LogP contribution in [0.5, 0.6) is 0 Å². The number of esters is 1. The first kappa shape index (κ1) is 18.2. The van der Waals surface area contributed by atoms with Gasteiger partial charge in [0, 0.05) is 5.38 Å². The molecule has 9 heteroatoms. The Balaban J connectivity index is 1.68. The van der Waals surface area contributed by atoms with Crippen LogP contribution in [-0.4, -0.2) is 33.9 Å². The summed E-state index contributed by atoms with van der Waals surface area (Å²) in [6, 6.07) is 4.89. The van der Waals surface area contributed by atoms with Crippen LogP contribution in [0.1, 0.15) is 26.9 Å². The lowest BCUT2D eigenvalue weighted by Gasteiger charge is -2.03. The molecule has 7 nitrogen and oxygen atoms in total. The van der Waals surface area contributed by atoms with Gasteiger partial charge in [0.25, 0.3) is 0 Å². The van der Waals surface area contributed by atoms with Crippen LogP contribution in [0.2, 0.25) is 0 Å². The number of aromatic nitrogens is 3. The van der Waals surface area contributed by atoms with Gasteiger partial charge in [-0.1, -0.05) is 6.07 Å². The second-order valence-corrected chi connectivity index (χ2v) is 7.48. The lowest BCUT2D eigenvalue weighted by Crippen LogP contribution is -2.16. The van der Waals surface area contributed by atoms with Crippen molar-refractivity contribution in [1.82, 2.24) is 15.0 Å². The fraction of sp³-hybridized carbons (Fsp3) is 0.235. The van der Waals surface area contributed by atoms with E-state index in [9.17, 15) is 9.59 Å². The van der Waals surface area contributed by atoms with Gasteiger partial charge in [-0.3, -0.25) is 4.79 Å². The minimum absolute atomic E-state index is 0.0401. The molecule has 0 bridgehead atoms. The zero-order valence-electron chi connectivity index (χ0n) is 14.4. The smallest absolute Gasteiger partial charge is 0.356 e. The van der Waals surface area contributed by atoms with Crippen LogP contribution in [0.25, 0.3) is 10.6 Å². The third-order valence-electron chi connectivity index (χ3n) is 3.43. The van der Waals surface area contributed by atoms with E-state index in [0.717, 1.165) is 21.3 Å². The number of anilines is 1. The number of hydrogen-bond acceptors (Lipinski definition) is 8. The molecule has 0 fully saturated rings. The van der Waals surface area contributed by atoms with Gasteiger partial charge in [0.2, 0.25) is 5.91 Å². The molecule has 0 atom stereocenters. The summed E-state index contributed by atoms with van der Waals surface area (Å²) in [6.45, 7) is 3.89. The second-order valence-electron chi connectivity index (χ2n) is 5.42. The van der Waals surface area contributed by atoms with Gasteiger partial charge in [0.15, 0.2) is 5.13 Å². The van der Waals surface area contributed by atoms with Crippen molar-refractivity contribution in [2.45, 2.75) is 20.3 Å². The highest BCUT2D eigenvalue weighted by Gasteiger charge is 2.14. The Hall–Kier alpha value is -2.65. The standard InChI is InChI=1S/C17H16N4O3S2/c1-9-15(26-10(2)18-9)13-8-25-17(20-13)21-14(22)7-11-5-4-6-12(19-11)16(23)24-3/h4-6,8H,7H2,1-3H3,(H,20,21,22). The van der Waals surface area contributed by atoms with Crippen LogP contribution in [0, 0.1) is 13.8 Å². The number of pyridine rings is 1. The van der Waals surface area contributed by atoms with E-state index in [1.54, 1.807) is 29.5 Å². The first-order valence-corrected chi connectivity index (χ1v) is 9.40. The number of aryl methyl sites for hydroxylation is 2. The zero-order valence-corrected chi connectivity index (χ0v) is 16.0. The number of hydrogen-bond donors (Lipinski definition) is 1. The molecule has 0 aliphatic rings. The van der Waals surface area contributed by atoms with E-state index >= 15 is 0 Å². The molecular formula is C17H16N4O3S2.